The zero-order valence-electron chi connectivity index (χ0n) is 12.0. The molecule has 4 rings (SSSR count). The third-order valence-electron chi connectivity index (χ3n) is 5.57. The average Bonchev–Trinajstić information content (AvgIpc) is 2.95. The molecule has 108 valence electrons. The summed E-state index contributed by atoms with van der Waals surface area (Å²) >= 11 is 0. The summed E-state index contributed by atoms with van der Waals surface area (Å²) in [5, 5.41) is 12.4. The Bertz CT molecular complexity index is 501. The van der Waals surface area contributed by atoms with Crippen molar-refractivity contribution in [2.45, 2.75) is 62.5 Å². The van der Waals surface area contributed by atoms with Crippen molar-refractivity contribution in [2.75, 3.05) is 11.7 Å². The molecular weight excluding hydrogens is 250 g/mol. The van der Waals surface area contributed by atoms with E-state index >= 15 is 0 Å². The van der Waals surface area contributed by atoms with E-state index in [1.807, 2.05) is 12.1 Å². The molecule has 2 fully saturated rings. The molecule has 1 aromatic carbocycles. The summed E-state index contributed by atoms with van der Waals surface area (Å²) in [6.07, 6.45) is 9.09. The van der Waals surface area contributed by atoms with Crippen molar-refractivity contribution >= 4 is 5.69 Å². The highest BCUT2D eigenvalue weighted by atomic mass is 16.5. The van der Waals surface area contributed by atoms with Gasteiger partial charge in [0, 0.05) is 18.6 Å². The lowest BCUT2D eigenvalue weighted by Crippen LogP contribution is -2.56. The van der Waals surface area contributed by atoms with E-state index in [0.29, 0.717) is 0 Å². The highest BCUT2D eigenvalue weighted by Crippen LogP contribution is 2.55. The van der Waals surface area contributed by atoms with E-state index in [-0.39, 0.29) is 11.1 Å². The van der Waals surface area contributed by atoms with Gasteiger partial charge in [-0.25, -0.2) is 0 Å². The van der Waals surface area contributed by atoms with Crippen LogP contribution in [0.1, 0.15) is 56.9 Å². The summed E-state index contributed by atoms with van der Waals surface area (Å²) in [5.74, 6) is 0. The molecule has 0 bridgehead atoms. The summed E-state index contributed by atoms with van der Waals surface area (Å²) in [5.41, 5.74) is 1.92. The molecule has 1 atom stereocenters. The Kier molecular flexibility index (Phi) is 2.83. The Balaban J connectivity index is 1.84. The van der Waals surface area contributed by atoms with Crippen LogP contribution in [-0.2, 0) is 10.3 Å². The minimum atomic E-state index is -0.146. The Morgan fingerprint density at radius 3 is 2.55 bits per heavy atom. The average molecular weight is 273 g/mol. The first-order valence-electron chi connectivity index (χ1n) is 7.99. The molecule has 3 nitrogen and oxygen atoms in total. The van der Waals surface area contributed by atoms with Crippen molar-refractivity contribution in [2.24, 2.45) is 0 Å². The lowest BCUT2D eigenvalue weighted by molar-refractivity contribution is -0.0566. The van der Waals surface area contributed by atoms with Gasteiger partial charge in [-0.05, 0) is 31.7 Å². The quantitative estimate of drug-likeness (QED) is 0.775. The lowest BCUT2D eigenvalue weighted by Gasteiger charge is -2.53. The van der Waals surface area contributed by atoms with Gasteiger partial charge in [-0.15, -0.1) is 0 Å². The predicted molar refractivity (Wildman–Crippen MR) is 78.0 cm³/mol. The van der Waals surface area contributed by atoms with Gasteiger partial charge in [0.05, 0.1) is 16.8 Å². The smallest absolute Gasteiger partial charge is 0.0976 e. The number of rotatable bonds is 0. The fourth-order valence-electron chi connectivity index (χ4n) is 4.65. The van der Waals surface area contributed by atoms with E-state index in [9.17, 15) is 5.21 Å². The van der Waals surface area contributed by atoms with Gasteiger partial charge in [0.1, 0.15) is 0 Å². The maximum absolute atomic E-state index is 10.9. The van der Waals surface area contributed by atoms with Crippen LogP contribution >= 0.6 is 0 Å². The summed E-state index contributed by atoms with van der Waals surface area (Å²) in [4.78, 5) is 0. The number of benzene rings is 1. The molecular formula is C17H23NO2. The summed E-state index contributed by atoms with van der Waals surface area (Å²) < 4.78 is 6.25. The summed E-state index contributed by atoms with van der Waals surface area (Å²) in [6, 6.07) is 8.27. The summed E-state index contributed by atoms with van der Waals surface area (Å²) in [7, 11) is 0. The molecule has 2 spiro atoms. The van der Waals surface area contributed by atoms with Gasteiger partial charge in [0.15, 0.2) is 0 Å². The number of ether oxygens (including phenoxy) is 1. The van der Waals surface area contributed by atoms with Crippen LogP contribution in [0.15, 0.2) is 24.3 Å². The summed E-state index contributed by atoms with van der Waals surface area (Å²) in [6.45, 7) is 0.857. The number of fused-ring (bicyclic) bond motifs is 2. The maximum Gasteiger partial charge on any atom is 0.0976 e. The van der Waals surface area contributed by atoms with Crippen LogP contribution in [0.5, 0.6) is 0 Å². The zero-order valence-corrected chi connectivity index (χ0v) is 12.0. The highest BCUT2D eigenvalue weighted by molar-refractivity contribution is 5.59. The molecule has 1 aromatic rings. The molecule has 2 heterocycles. The van der Waals surface area contributed by atoms with E-state index in [1.165, 1.54) is 24.8 Å². The molecule has 2 aliphatic heterocycles. The lowest BCUT2D eigenvalue weighted by atomic mass is 9.68. The molecule has 3 aliphatic rings. The van der Waals surface area contributed by atoms with Crippen LogP contribution in [0.3, 0.4) is 0 Å². The largest absolute Gasteiger partial charge is 0.370 e. The van der Waals surface area contributed by atoms with Crippen LogP contribution in [0.25, 0.3) is 0 Å². The minimum absolute atomic E-state index is 0.100. The number of hydrogen-bond donors (Lipinski definition) is 1. The van der Waals surface area contributed by atoms with E-state index in [1.54, 1.807) is 5.06 Å². The molecule has 0 amide bonds. The topological polar surface area (TPSA) is 32.7 Å². The maximum atomic E-state index is 10.9. The minimum Gasteiger partial charge on any atom is -0.370 e. The first kappa shape index (κ1) is 12.7. The number of hydroxylamine groups is 1. The number of nitrogens with zero attached hydrogens (tertiary/aromatic N) is 1. The van der Waals surface area contributed by atoms with E-state index in [4.69, 9.17) is 4.74 Å². The van der Waals surface area contributed by atoms with Gasteiger partial charge in [-0.1, -0.05) is 37.5 Å². The molecule has 1 aliphatic carbocycles. The second kappa shape index (κ2) is 4.47. The van der Waals surface area contributed by atoms with Crippen LogP contribution in [0.4, 0.5) is 5.69 Å². The van der Waals surface area contributed by atoms with Gasteiger partial charge in [0.25, 0.3) is 0 Å². The van der Waals surface area contributed by atoms with Crippen molar-refractivity contribution < 1.29 is 9.94 Å². The Labute approximate surface area is 120 Å². The third kappa shape index (κ3) is 1.66. The van der Waals surface area contributed by atoms with E-state index < -0.39 is 0 Å². The normalized spacial score (nSPS) is 31.8. The van der Waals surface area contributed by atoms with Crippen molar-refractivity contribution in [3.05, 3.63) is 29.8 Å². The van der Waals surface area contributed by atoms with Crippen molar-refractivity contribution in [3.63, 3.8) is 0 Å². The van der Waals surface area contributed by atoms with Crippen LogP contribution in [0.2, 0.25) is 0 Å². The Morgan fingerprint density at radius 2 is 1.80 bits per heavy atom. The SMILES string of the molecule is ON1c2ccccc2C2(CCCO2)CC12CCCCC2. The van der Waals surface area contributed by atoms with Crippen LogP contribution in [0, 0.1) is 0 Å². The van der Waals surface area contributed by atoms with Gasteiger partial charge >= 0.3 is 0 Å². The molecule has 1 saturated carbocycles. The van der Waals surface area contributed by atoms with E-state index in [2.05, 4.69) is 12.1 Å². The fourth-order valence-corrected chi connectivity index (χ4v) is 4.65. The number of para-hydroxylation sites is 1. The third-order valence-corrected chi connectivity index (χ3v) is 5.57. The molecule has 3 heteroatoms. The predicted octanol–water partition coefficient (Wildman–Crippen LogP) is 3.99. The first-order chi connectivity index (χ1) is 9.76. The standard InChI is InChI=1S/C17H23NO2/c19-18-15-8-3-2-7-14(15)17(11-6-12-20-17)13-16(18)9-4-1-5-10-16/h2-3,7-8,19H,1,4-6,9-13H2. The monoisotopic (exact) mass is 273 g/mol. The van der Waals surface area contributed by atoms with Crippen LogP contribution in [-0.4, -0.2) is 17.4 Å². The first-order valence-corrected chi connectivity index (χ1v) is 7.99. The Morgan fingerprint density at radius 1 is 1.00 bits per heavy atom. The van der Waals surface area contributed by atoms with Gasteiger partial charge in [-0.2, -0.15) is 0 Å². The second-order valence-corrected chi connectivity index (χ2v) is 6.74. The molecule has 0 aromatic heterocycles. The molecule has 0 radical (unpaired) electrons. The van der Waals surface area contributed by atoms with Crippen LogP contribution < -0.4 is 5.06 Å². The number of anilines is 1. The molecule has 1 unspecified atom stereocenters. The van der Waals surface area contributed by atoms with Gasteiger partial charge in [-0.3, -0.25) is 10.3 Å². The van der Waals surface area contributed by atoms with Crippen molar-refractivity contribution in [1.82, 2.24) is 0 Å². The van der Waals surface area contributed by atoms with Gasteiger partial charge in [0.2, 0.25) is 0 Å². The molecule has 1 N–H and O–H groups in total. The van der Waals surface area contributed by atoms with Gasteiger partial charge < -0.3 is 4.74 Å². The van der Waals surface area contributed by atoms with E-state index in [0.717, 1.165) is 44.4 Å². The zero-order chi connectivity index (χ0) is 13.6. The molecule has 1 saturated heterocycles. The molecule has 20 heavy (non-hydrogen) atoms. The second-order valence-electron chi connectivity index (χ2n) is 6.74. The Hall–Kier alpha value is -1.06. The van der Waals surface area contributed by atoms with Crippen molar-refractivity contribution in [3.8, 4) is 0 Å². The fraction of sp³-hybridized carbons (Fsp3) is 0.647. The van der Waals surface area contributed by atoms with Crippen molar-refractivity contribution in [1.29, 1.82) is 0 Å². The highest BCUT2D eigenvalue weighted by Gasteiger charge is 2.53. The number of hydrogen-bond acceptors (Lipinski definition) is 3.